The number of phenols is 1. The molecule has 0 saturated heterocycles. The largest absolute Gasteiger partial charge is 0.507 e. The second-order valence-electron chi connectivity index (χ2n) is 5.09. The number of ether oxygens (including phenoxy) is 1. The van der Waals surface area contributed by atoms with Gasteiger partial charge >= 0.3 is 0 Å². The highest BCUT2D eigenvalue weighted by Gasteiger charge is 2.42. The second-order valence-corrected chi connectivity index (χ2v) is 5.95. The average Bonchev–Trinajstić information content (AvgIpc) is 3.17. The Bertz CT molecular complexity index is 472. The summed E-state index contributed by atoms with van der Waals surface area (Å²) in [5.41, 5.74) is 0.700. The number of methoxy groups -OCH3 is 1. The molecule has 2 rings (SSSR count). The predicted octanol–water partition coefficient (Wildman–Crippen LogP) is 2.70. The van der Waals surface area contributed by atoms with Gasteiger partial charge in [-0.25, -0.2) is 0 Å². The van der Waals surface area contributed by atoms with Crippen LogP contribution in [-0.2, 0) is 4.74 Å². The number of benzene rings is 1. The van der Waals surface area contributed by atoms with Gasteiger partial charge in [0.25, 0.3) is 5.91 Å². The van der Waals surface area contributed by atoms with Crippen molar-refractivity contribution < 1.29 is 14.6 Å². The lowest BCUT2D eigenvalue weighted by molar-refractivity contribution is 0.0937. The minimum absolute atomic E-state index is 0.0770. The van der Waals surface area contributed by atoms with E-state index in [9.17, 15) is 9.90 Å². The molecule has 1 aromatic carbocycles. The molecule has 1 aliphatic rings. The second kappa shape index (κ2) is 5.92. The lowest BCUT2D eigenvalue weighted by Crippen LogP contribution is -2.30. The highest BCUT2D eigenvalue weighted by atomic mass is 79.9. The van der Waals surface area contributed by atoms with Crippen molar-refractivity contribution in [1.82, 2.24) is 5.32 Å². The molecule has 1 aromatic rings. The summed E-state index contributed by atoms with van der Waals surface area (Å²) < 4.78 is 5.67. The lowest BCUT2D eigenvalue weighted by Gasteiger charge is -2.15. The fraction of sp³-hybridized carbons (Fsp3) is 0.500. The van der Waals surface area contributed by atoms with E-state index in [1.165, 1.54) is 6.07 Å². The molecule has 0 aromatic heterocycles. The normalized spacial score (nSPS) is 16.1. The van der Waals surface area contributed by atoms with Crippen molar-refractivity contribution in [3.05, 3.63) is 28.2 Å². The van der Waals surface area contributed by atoms with Crippen LogP contribution in [-0.4, -0.2) is 31.3 Å². The fourth-order valence-corrected chi connectivity index (χ4v) is 2.28. The molecule has 2 N–H and O–H groups in total. The fourth-order valence-electron chi connectivity index (χ4n) is 2.03. The van der Waals surface area contributed by atoms with E-state index in [1.807, 2.05) is 0 Å². The van der Waals surface area contributed by atoms with E-state index < -0.39 is 0 Å². The molecule has 1 aliphatic carbocycles. The summed E-state index contributed by atoms with van der Waals surface area (Å²) >= 11 is 3.19. The maximum absolute atomic E-state index is 12.0. The third-order valence-electron chi connectivity index (χ3n) is 3.63. The molecule has 4 nitrogen and oxygen atoms in total. The molecule has 0 radical (unpaired) electrons. The first kappa shape index (κ1) is 14.3. The van der Waals surface area contributed by atoms with Crippen LogP contribution in [0.5, 0.6) is 5.75 Å². The van der Waals surface area contributed by atoms with Crippen molar-refractivity contribution in [2.75, 3.05) is 20.3 Å². The molecule has 104 valence electrons. The summed E-state index contributed by atoms with van der Waals surface area (Å²) in [6, 6.07) is 4.82. The van der Waals surface area contributed by atoms with E-state index in [2.05, 4.69) is 21.2 Å². The van der Waals surface area contributed by atoms with E-state index in [-0.39, 0.29) is 17.1 Å². The molecule has 0 atom stereocenters. The van der Waals surface area contributed by atoms with Gasteiger partial charge in [0.15, 0.2) is 0 Å². The zero-order valence-corrected chi connectivity index (χ0v) is 12.5. The van der Waals surface area contributed by atoms with Gasteiger partial charge in [-0.15, -0.1) is 0 Å². The smallest absolute Gasteiger partial charge is 0.251 e. The Morgan fingerprint density at radius 1 is 1.53 bits per heavy atom. The number of amides is 1. The molecular weight excluding hydrogens is 310 g/mol. The van der Waals surface area contributed by atoms with Gasteiger partial charge in [-0.3, -0.25) is 4.79 Å². The number of phenolic OH excluding ortho intramolecular Hbond substituents is 1. The third kappa shape index (κ3) is 3.70. The first-order chi connectivity index (χ1) is 9.06. The van der Waals surface area contributed by atoms with Crippen LogP contribution in [0.1, 0.15) is 29.6 Å². The highest BCUT2D eigenvalue weighted by molar-refractivity contribution is 9.10. The summed E-state index contributed by atoms with van der Waals surface area (Å²) in [5, 5.41) is 12.5. The van der Waals surface area contributed by atoms with Gasteiger partial charge < -0.3 is 15.2 Å². The van der Waals surface area contributed by atoms with Crippen LogP contribution in [0, 0.1) is 5.41 Å². The first-order valence-corrected chi connectivity index (χ1v) is 7.11. The Labute approximate surface area is 121 Å². The lowest BCUT2D eigenvalue weighted by atomic mass is 10.0. The van der Waals surface area contributed by atoms with Crippen molar-refractivity contribution in [3.8, 4) is 5.75 Å². The van der Waals surface area contributed by atoms with Crippen LogP contribution in [0.2, 0.25) is 0 Å². The minimum Gasteiger partial charge on any atom is -0.507 e. The van der Waals surface area contributed by atoms with Gasteiger partial charge in [0.1, 0.15) is 5.75 Å². The van der Waals surface area contributed by atoms with Crippen LogP contribution < -0.4 is 5.32 Å². The van der Waals surface area contributed by atoms with Crippen molar-refractivity contribution >= 4 is 21.8 Å². The third-order valence-corrected chi connectivity index (χ3v) is 4.30. The van der Waals surface area contributed by atoms with Gasteiger partial charge in [0.05, 0.1) is 4.47 Å². The van der Waals surface area contributed by atoms with E-state index in [0.717, 1.165) is 25.9 Å². The quantitative estimate of drug-likeness (QED) is 0.844. The number of halogens is 1. The van der Waals surface area contributed by atoms with Crippen LogP contribution in [0.4, 0.5) is 0 Å². The summed E-state index contributed by atoms with van der Waals surface area (Å²) in [6.45, 7) is 1.40. The van der Waals surface area contributed by atoms with Crippen molar-refractivity contribution in [3.63, 3.8) is 0 Å². The maximum Gasteiger partial charge on any atom is 0.251 e. The number of hydrogen-bond donors (Lipinski definition) is 2. The number of nitrogens with one attached hydrogen (secondary N) is 1. The zero-order valence-electron chi connectivity index (χ0n) is 10.9. The average molecular weight is 328 g/mol. The van der Waals surface area contributed by atoms with Crippen LogP contribution in [0.25, 0.3) is 0 Å². The molecule has 0 heterocycles. The van der Waals surface area contributed by atoms with E-state index >= 15 is 0 Å². The summed E-state index contributed by atoms with van der Waals surface area (Å²) in [4.78, 5) is 12.0. The van der Waals surface area contributed by atoms with Crippen LogP contribution in [0.3, 0.4) is 0 Å². The summed E-state index contributed by atoms with van der Waals surface area (Å²) in [6.07, 6.45) is 3.26. The molecule has 5 heteroatoms. The van der Waals surface area contributed by atoms with Crippen LogP contribution in [0.15, 0.2) is 22.7 Å². The Kier molecular flexibility index (Phi) is 4.47. The van der Waals surface area contributed by atoms with Gasteiger partial charge in [0, 0.05) is 25.8 Å². The Morgan fingerprint density at radius 3 is 2.84 bits per heavy atom. The van der Waals surface area contributed by atoms with Crippen LogP contribution >= 0.6 is 15.9 Å². The number of carbonyl (C=O) groups is 1. The van der Waals surface area contributed by atoms with Gasteiger partial charge in [0.2, 0.25) is 0 Å². The number of hydrogen-bond acceptors (Lipinski definition) is 3. The van der Waals surface area contributed by atoms with E-state index in [1.54, 1.807) is 19.2 Å². The molecule has 0 bridgehead atoms. The first-order valence-electron chi connectivity index (χ1n) is 6.32. The Balaban J connectivity index is 1.89. The van der Waals surface area contributed by atoms with Crippen molar-refractivity contribution in [2.45, 2.75) is 19.3 Å². The van der Waals surface area contributed by atoms with E-state index in [4.69, 9.17) is 4.74 Å². The zero-order chi connectivity index (χ0) is 13.9. The van der Waals surface area contributed by atoms with Gasteiger partial charge in [-0.1, -0.05) is 0 Å². The highest BCUT2D eigenvalue weighted by Crippen LogP contribution is 2.48. The monoisotopic (exact) mass is 327 g/mol. The van der Waals surface area contributed by atoms with Crippen molar-refractivity contribution in [1.29, 1.82) is 0 Å². The molecule has 1 saturated carbocycles. The standard InChI is InChI=1S/C14H18BrNO3/c1-19-7-6-14(4-5-14)9-16-13(18)10-2-3-11(15)12(17)8-10/h2-3,8,17H,4-7,9H2,1H3,(H,16,18). The molecule has 0 unspecified atom stereocenters. The number of aromatic hydroxyl groups is 1. The van der Waals surface area contributed by atoms with Gasteiger partial charge in [-0.05, 0) is 58.8 Å². The molecule has 0 aliphatic heterocycles. The molecular formula is C14H18BrNO3. The maximum atomic E-state index is 12.0. The number of carbonyl (C=O) groups excluding carboxylic acids is 1. The SMILES string of the molecule is COCCC1(CNC(=O)c2ccc(Br)c(O)c2)CC1. The minimum atomic E-state index is -0.147. The Hall–Kier alpha value is -1.07. The molecule has 19 heavy (non-hydrogen) atoms. The van der Waals surface area contributed by atoms with Gasteiger partial charge in [-0.2, -0.15) is 0 Å². The molecule has 1 fully saturated rings. The predicted molar refractivity (Wildman–Crippen MR) is 76.3 cm³/mol. The summed E-state index contributed by atoms with van der Waals surface area (Å²) in [5.74, 6) is -0.0698. The summed E-state index contributed by atoms with van der Waals surface area (Å²) in [7, 11) is 1.69. The Morgan fingerprint density at radius 2 is 2.26 bits per heavy atom. The molecule has 1 amide bonds. The topological polar surface area (TPSA) is 58.6 Å². The van der Waals surface area contributed by atoms with E-state index in [0.29, 0.717) is 16.6 Å². The van der Waals surface area contributed by atoms with Crippen molar-refractivity contribution in [2.24, 2.45) is 5.41 Å². The number of rotatable bonds is 6. The molecule has 0 spiro atoms.